The van der Waals surface area contributed by atoms with Gasteiger partial charge < -0.3 is 4.74 Å². The van der Waals surface area contributed by atoms with E-state index in [1.807, 2.05) is 19.9 Å². The zero-order chi connectivity index (χ0) is 14.0. The Labute approximate surface area is 117 Å². The summed E-state index contributed by atoms with van der Waals surface area (Å²) in [5.74, 6) is 0.435. The van der Waals surface area contributed by atoms with Gasteiger partial charge in [0.2, 0.25) is 0 Å². The predicted molar refractivity (Wildman–Crippen MR) is 75.1 cm³/mol. The minimum Gasteiger partial charge on any atom is -0.496 e. The van der Waals surface area contributed by atoms with Gasteiger partial charge in [-0.1, -0.05) is 17.7 Å². The molecule has 0 aliphatic heterocycles. The van der Waals surface area contributed by atoms with Crippen LogP contribution >= 0.6 is 11.6 Å². The Kier molecular flexibility index (Phi) is 3.86. The molecule has 1 heterocycles. The van der Waals surface area contributed by atoms with Gasteiger partial charge in [-0.15, -0.1) is 0 Å². The maximum atomic E-state index is 12.5. The number of carbonyl (C=O) groups is 1. The van der Waals surface area contributed by atoms with Crippen LogP contribution in [0.2, 0.25) is 5.02 Å². The van der Waals surface area contributed by atoms with E-state index >= 15 is 0 Å². The molecule has 0 amide bonds. The van der Waals surface area contributed by atoms with E-state index in [9.17, 15) is 4.79 Å². The van der Waals surface area contributed by atoms with Crippen molar-refractivity contribution in [2.75, 3.05) is 7.11 Å². The van der Waals surface area contributed by atoms with Crippen molar-refractivity contribution >= 4 is 17.4 Å². The van der Waals surface area contributed by atoms with Gasteiger partial charge in [0.1, 0.15) is 5.75 Å². The lowest BCUT2D eigenvalue weighted by atomic mass is 9.98. The highest BCUT2D eigenvalue weighted by Gasteiger charge is 2.19. The molecular weight excluding hydrogens is 262 g/mol. The second-order valence-electron chi connectivity index (χ2n) is 4.27. The number of ketones is 1. The van der Waals surface area contributed by atoms with Crippen molar-refractivity contribution in [1.82, 2.24) is 4.98 Å². The van der Waals surface area contributed by atoms with Crippen LogP contribution in [0.5, 0.6) is 5.75 Å². The molecule has 98 valence electrons. The van der Waals surface area contributed by atoms with Gasteiger partial charge in [-0.05, 0) is 37.1 Å². The number of halogens is 1. The Morgan fingerprint density at radius 3 is 2.58 bits per heavy atom. The molecule has 0 atom stereocenters. The maximum Gasteiger partial charge on any atom is 0.198 e. The minimum atomic E-state index is -0.160. The number of pyridine rings is 1. The van der Waals surface area contributed by atoms with Crippen LogP contribution in [0.15, 0.2) is 30.6 Å². The highest BCUT2D eigenvalue weighted by atomic mass is 35.5. The average Bonchev–Trinajstić information content (AvgIpc) is 2.41. The largest absolute Gasteiger partial charge is 0.496 e. The zero-order valence-corrected chi connectivity index (χ0v) is 11.8. The molecule has 0 aliphatic carbocycles. The molecule has 1 aromatic carbocycles. The van der Waals surface area contributed by atoms with Gasteiger partial charge in [0, 0.05) is 18.0 Å². The third-order valence-corrected chi connectivity index (χ3v) is 3.44. The van der Waals surface area contributed by atoms with Crippen molar-refractivity contribution in [3.8, 4) is 5.75 Å². The smallest absolute Gasteiger partial charge is 0.198 e. The van der Waals surface area contributed by atoms with Crippen LogP contribution in [0.4, 0.5) is 0 Å². The monoisotopic (exact) mass is 275 g/mol. The summed E-state index contributed by atoms with van der Waals surface area (Å²) in [6, 6.07) is 5.28. The van der Waals surface area contributed by atoms with Gasteiger partial charge in [0.05, 0.1) is 17.7 Å². The van der Waals surface area contributed by atoms with Crippen LogP contribution in [-0.2, 0) is 0 Å². The van der Waals surface area contributed by atoms with Crippen LogP contribution < -0.4 is 4.74 Å². The van der Waals surface area contributed by atoms with Crippen LogP contribution in [0.3, 0.4) is 0 Å². The topological polar surface area (TPSA) is 39.2 Å². The molecular formula is C15H14ClNO2. The lowest BCUT2D eigenvalue weighted by Gasteiger charge is -2.13. The van der Waals surface area contributed by atoms with E-state index < -0.39 is 0 Å². The first-order valence-corrected chi connectivity index (χ1v) is 6.22. The van der Waals surface area contributed by atoms with Gasteiger partial charge in [0.25, 0.3) is 0 Å². The normalized spacial score (nSPS) is 10.3. The summed E-state index contributed by atoms with van der Waals surface area (Å²) in [5.41, 5.74) is 2.98. The third kappa shape index (κ3) is 2.47. The second kappa shape index (κ2) is 5.41. The number of benzene rings is 1. The maximum absolute atomic E-state index is 12.5. The van der Waals surface area contributed by atoms with Crippen molar-refractivity contribution in [1.29, 1.82) is 0 Å². The predicted octanol–water partition coefficient (Wildman–Crippen LogP) is 3.59. The van der Waals surface area contributed by atoms with Crippen molar-refractivity contribution in [2.24, 2.45) is 0 Å². The summed E-state index contributed by atoms with van der Waals surface area (Å²) in [4.78, 5) is 16.4. The summed E-state index contributed by atoms with van der Waals surface area (Å²) in [7, 11) is 1.56. The van der Waals surface area contributed by atoms with Crippen molar-refractivity contribution in [3.05, 3.63) is 57.9 Å². The molecule has 0 saturated heterocycles. The highest BCUT2D eigenvalue weighted by Crippen LogP contribution is 2.29. The molecule has 3 nitrogen and oxygen atoms in total. The average molecular weight is 276 g/mol. The van der Waals surface area contributed by atoms with Gasteiger partial charge in [0.15, 0.2) is 5.78 Å². The molecule has 0 saturated carbocycles. The fourth-order valence-electron chi connectivity index (χ4n) is 1.94. The molecule has 0 fully saturated rings. The number of ether oxygens (including phenoxy) is 1. The lowest BCUT2D eigenvalue weighted by Crippen LogP contribution is -2.06. The minimum absolute atomic E-state index is 0.160. The van der Waals surface area contributed by atoms with Gasteiger partial charge in [-0.2, -0.15) is 0 Å². The number of carbonyl (C=O) groups excluding carboxylic acids is 1. The third-order valence-electron chi connectivity index (χ3n) is 3.14. The van der Waals surface area contributed by atoms with Crippen LogP contribution in [0.1, 0.15) is 27.0 Å². The summed E-state index contributed by atoms with van der Waals surface area (Å²) < 4.78 is 5.36. The molecule has 0 bridgehead atoms. The number of nitrogens with zero attached hydrogens (tertiary/aromatic N) is 1. The number of aryl methyl sites for hydroxylation is 1. The second-order valence-corrected chi connectivity index (χ2v) is 4.68. The fourth-order valence-corrected chi connectivity index (χ4v) is 2.14. The quantitative estimate of drug-likeness (QED) is 0.804. The number of aromatic nitrogens is 1. The molecule has 2 aromatic rings. The van der Waals surface area contributed by atoms with Crippen molar-refractivity contribution in [2.45, 2.75) is 13.8 Å². The van der Waals surface area contributed by atoms with Gasteiger partial charge in [-0.3, -0.25) is 9.78 Å². The molecule has 0 N–H and O–H groups in total. The lowest BCUT2D eigenvalue weighted by molar-refractivity contribution is 0.103. The highest BCUT2D eigenvalue weighted by molar-refractivity contribution is 6.35. The summed E-state index contributed by atoms with van der Waals surface area (Å²) in [5, 5.41) is 0.341. The van der Waals surface area contributed by atoms with Crippen LogP contribution in [0, 0.1) is 13.8 Å². The summed E-state index contributed by atoms with van der Waals surface area (Å²) in [6.45, 7) is 3.91. The zero-order valence-electron chi connectivity index (χ0n) is 11.0. The molecule has 0 unspecified atom stereocenters. The number of hydrogen-bond donors (Lipinski definition) is 0. The van der Waals surface area contributed by atoms with E-state index in [0.29, 0.717) is 21.9 Å². The Hall–Kier alpha value is -1.87. The van der Waals surface area contributed by atoms with E-state index in [1.54, 1.807) is 25.4 Å². The van der Waals surface area contributed by atoms with E-state index in [-0.39, 0.29) is 5.78 Å². The Bertz CT molecular complexity index is 638. The summed E-state index contributed by atoms with van der Waals surface area (Å²) in [6.07, 6.45) is 3.01. The standard InChI is InChI=1S/C15H14ClNO2/c1-9-4-5-12(15(19-3)10(9)2)14(18)11-6-7-17-8-13(11)16/h4-8H,1-3H3. The number of hydrogen-bond acceptors (Lipinski definition) is 3. The van der Waals surface area contributed by atoms with Crippen molar-refractivity contribution < 1.29 is 9.53 Å². The Morgan fingerprint density at radius 1 is 1.21 bits per heavy atom. The number of methoxy groups -OCH3 is 1. The molecule has 2 rings (SSSR count). The molecule has 4 heteroatoms. The SMILES string of the molecule is COc1c(C(=O)c2ccncc2Cl)ccc(C)c1C. The van der Waals surface area contributed by atoms with E-state index in [4.69, 9.17) is 16.3 Å². The molecule has 0 spiro atoms. The van der Waals surface area contributed by atoms with E-state index in [1.165, 1.54) is 6.20 Å². The van der Waals surface area contributed by atoms with Crippen LogP contribution in [0.25, 0.3) is 0 Å². The Morgan fingerprint density at radius 2 is 1.95 bits per heavy atom. The van der Waals surface area contributed by atoms with E-state index in [2.05, 4.69) is 4.98 Å². The first kappa shape index (κ1) is 13.6. The van der Waals surface area contributed by atoms with Gasteiger partial charge in [-0.25, -0.2) is 0 Å². The molecule has 1 aromatic heterocycles. The first-order valence-electron chi connectivity index (χ1n) is 5.84. The van der Waals surface area contributed by atoms with Crippen molar-refractivity contribution in [3.63, 3.8) is 0 Å². The molecule has 0 radical (unpaired) electrons. The molecule has 0 aliphatic rings. The first-order chi connectivity index (χ1) is 9.06. The number of rotatable bonds is 3. The summed E-state index contributed by atoms with van der Waals surface area (Å²) >= 11 is 6.01. The Balaban J connectivity index is 2.57. The van der Waals surface area contributed by atoms with Gasteiger partial charge >= 0.3 is 0 Å². The van der Waals surface area contributed by atoms with E-state index in [0.717, 1.165) is 11.1 Å². The fraction of sp³-hybridized carbons (Fsp3) is 0.200. The van der Waals surface area contributed by atoms with Crippen LogP contribution in [-0.4, -0.2) is 17.9 Å². The molecule has 19 heavy (non-hydrogen) atoms.